The molecule has 1 rings (SSSR count). The minimum atomic E-state index is -0.553. The number of allylic oxidation sites excluding steroid dienone is 6. The second-order valence-electron chi connectivity index (χ2n) is 2.20. The van der Waals surface area contributed by atoms with E-state index in [0.717, 1.165) is 0 Å². The molecular formula is C9H6O3. The van der Waals surface area contributed by atoms with Crippen molar-refractivity contribution in [1.82, 2.24) is 0 Å². The molecule has 0 aromatic heterocycles. The van der Waals surface area contributed by atoms with Gasteiger partial charge in [0.05, 0.1) is 0 Å². The van der Waals surface area contributed by atoms with Crippen LogP contribution in [0.3, 0.4) is 0 Å². The van der Waals surface area contributed by atoms with Crippen molar-refractivity contribution in [2.45, 2.75) is 0 Å². The Hall–Kier alpha value is -1.77. The maximum absolute atomic E-state index is 10.8. The van der Waals surface area contributed by atoms with E-state index in [9.17, 15) is 14.4 Å². The Morgan fingerprint density at radius 2 is 1.83 bits per heavy atom. The van der Waals surface area contributed by atoms with E-state index in [2.05, 4.69) is 0 Å². The average Bonchev–Trinajstić information content (AvgIpc) is 2.07. The van der Waals surface area contributed by atoms with E-state index >= 15 is 0 Å². The zero-order chi connectivity index (χ0) is 8.97. The highest BCUT2D eigenvalue weighted by molar-refractivity contribution is 6.46. The minimum Gasteiger partial charge on any atom is -0.299 e. The van der Waals surface area contributed by atoms with Gasteiger partial charge in [0.2, 0.25) is 11.6 Å². The first-order valence-electron chi connectivity index (χ1n) is 3.34. The van der Waals surface area contributed by atoms with E-state index in [-0.39, 0.29) is 0 Å². The van der Waals surface area contributed by atoms with Crippen molar-refractivity contribution in [2.75, 3.05) is 0 Å². The molecule has 12 heavy (non-hydrogen) atoms. The van der Waals surface area contributed by atoms with Crippen LogP contribution in [-0.2, 0) is 14.4 Å². The summed E-state index contributed by atoms with van der Waals surface area (Å²) >= 11 is 0. The number of hydrogen-bond donors (Lipinski definition) is 0. The summed E-state index contributed by atoms with van der Waals surface area (Å²) in [5, 5.41) is 0. The number of hydrogen-bond acceptors (Lipinski definition) is 3. The summed E-state index contributed by atoms with van der Waals surface area (Å²) in [5.74, 6) is -1.08. The highest BCUT2D eigenvalue weighted by Crippen LogP contribution is 2.05. The van der Waals surface area contributed by atoms with Crippen molar-refractivity contribution in [1.29, 1.82) is 0 Å². The van der Waals surface area contributed by atoms with E-state index in [1.54, 1.807) is 0 Å². The topological polar surface area (TPSA) is 51.2 Å². The highest BCUT2D eigenvalue weighted by Gasteiger charge is 2.11. The van der Waals surface area contributed by atoms with Gasteiger partial charge in [0.1, 0.15) is 6.29 Å². The summed E-state index contributed by atoms with van der Waals surface area (Å²) in [6.45, 7) is 0. The van der Waals surface area contributed by atoms with Crippen LogP contribution in [0.2, 0.25) is 0 Å². The molecule has 0 unspecified atom stereocenters. The zero-order valence-electron chi connectivity index (χ0n) is 6.19. The molecular weight excluding hydrogens is 156 g/mol. The van der Waals surface area contributed by atoms with Crippen LogP contribution in [0.15, 0.2) is 36.0 Å². The Balaban J connectivity index is 2.83. The van der Waals surface area contributed by atoms with Gasteiger partial charge in [-0.05, 0) is 23.8 Å². The molecule has 0 aromatic carbocycles. The second-order valence-corrected chi connectivity index (χ2v) is 2.20. The fourth-order valence-corrected chi connectivity index (χ4v) is 0.779. The Bertz CT molecular complexity index is 315. The molecule has 0 atom stereocenters. The molecule has 0 saturated carbocycles. The van der Waals surface area contributed by atoms with Crippen molar-refractivity contribution < 1.29 is 14.4 Å². The largest absolute Gasteiger partial charge is 0.299 e. The zero-order valence-corrected chi connectivity index (χ0v) is 6.19. The molecule has 0 aromatic rings. The molecule has 60 valence electrons. The van der Waals surface area contributed by atoms with Gasteiger partial charge >= 0.3 is 0 Å². The fraction of sp³-hybridized carbons (Fsp3) is 0. The van der Waals surface area contributed by atoms with Crippen LogP contribution in [0.5, 0.6) is 0 Å². The van der Waals surface area contributed by atoms with Gasteiger partial charge in [-0.15, -0.1) is 0 Å². The minimum absolute atomic E-state index is 0.529. The number of carbonyl (C=O) groups is 3. The highest BCUT2D eigenvalue weighted by atomic mass is 16.2. The maximum atomic E-state index is 10.8. The number of aldehydes is 1. The van der Waals surface area contributed by atoms with E-state index in [0.29, 0.717) is 11.9 Å². The van der Waals surface area contributed by atoms with E-state index < -0.39 is 11.6 Å². The Morgan fingerprint density at radius 3 is 2.42 bits per heavy atom. The number of ketones is 2. The fourth-order valence-electron chi connectivity index (χ4n) is 0.779. The molecule has 1 aliphatic rings. The van der Waals surface area contributed by atoms with Crippen molar-refractivity contribution in [3.8, 4) is 0 Å². The first-order valence-corrected chi connectivity index (χ1v) is 3.34. The standard InChI is InChI=1S/C9H6O3/c10-5-1-2-7-3-4-8(11)9(12)6-7/h1-6H/b2-1+. The molecule has 0 fully saturated rings. The van der Waals surface area contributed by atoms with E-state index in [1.807, 2.05) is 0 Å². The number of carbonyl (C=O) groups excluding carboxylic acids is 3. The summed E-state index contributed by atoms with van der Waals surface area (Å²) in [6.07, 6.45) is 7.21. The number of rotatable bonds is 2. The normalized spacial score (nSPS) is 16.8. The molecule has 0 aliphatic heterocycles. The van der Waals surface area contributed by atoms with Crippen LogP contribution >= 0.6 is 0 Å². The molecule has 0 spiro atoms. The van der Waals surface area contributed by atoms with Gasteiger partial charge in [-0.1, -0.05) is 12.2 Å². The van der Waals surface area contributed by atoms with Gasteiger partial charge in [0.25, 0.3) is 0 Å². The smallest absolute Gasteiger partial charge is 0.226 e. The molecule has 0 radical (unpaired) electrons. The van der Waals surface area contributed by atoms with Crippen molar-refractivity contribution in [3.63, 3.8) is 0 Å². The van der Waals surface area contributed by atoms with Gasteiger partial charge in [0.15, 0.2) is 0 Å². The predicted octanol–water partition coefficient (Wildman–Crippen LogP) is 0.376. The third-order valence-electron chi connectivity index (χ3n) is 1.34. The average molecular weight is 162 g/mol. The molecule has 0 bridgehead atoms. The Morgan fingerprint density at radius 1 is 1.08 bits per heavy atom. The summed E-state index contributed by atoms with van der Waals surface area (Å²) in [4.78, 5) is 31.3. The SMILES string of the molecule is O=C/C=C/C1=CC(=O)C(=O)C=C1. The predicted molar refractivity (Wildman–Crippen MR) is 42.4 cm³/mol. The molecule has 0 heterocycles. The lowest BCUT2D eigenvalue weighted by Crippen LogP contribution is -2.10. The molecule has 0 saturated heterocycles. The lowest BCUT2D eigenvalue weighted by atomic mass is 10.1. The first kappa shape index (κ1) is 8.33. The van der Waals surface area contributed by atoms with Gasteiger partial charge in [-0.3, -0.25) is 14.4 Å². The van der Waals surface area contributed by atoms with Crippen molar-refractivity contribution >= 4 is 17.9 Å². The third kappa shape index (κ3) is 1.85. The lowest BCUT2D eigenvalue weighted by Gasteiger charge is -1.97. The quantitative estimate of drug-likeness (QED) is 0.255. The van der Waals surface area contributed by atoms with E-state index in [1.165, 1.54) is 30.4 Å². The molecule has 3 heteroatoms. The van der Waals surface area contributed by atoms with Crippen molar-refractivity contribution in [2.24, 2.45) is 0 Å². The van der Waals surface area contributed by atoms with Crippen molar-refractivity contribution in [3.05, 3.63) is 36.0 Å². The monoisotopic (exact) mass is 162 g/mol. The summed E-state index contributed by atoms with van der Waals surface area (Å²) < 4.78 is 0. The van der Waals surface area contributed by atoms with Crippen LogP contribution in [0.4, 0.5) is 0 Å². The van der Waals surface area contributed by atoms with Gasteiger partial charge in [-0.25, -0.2) is 0 Å². The molecule has 3 nitrogen and oxygen atoms in total. The summed E-state index contributed by atoms with van der Waals surface area (Å²) in [6, 6.07) is 0. The Labute approximate surface area is 69.1 Å². The second kappa shape index (κ2) is 3.57. The summed E-state index contributed by atoms with van der Waals surface area (Å²) in [7, 11) is 0. The lowest BCUT2D eigenvalue weighted by molar-refractivity contribution is -0.131. The molecule has 0 amide bonds. The van der Waals surface area contributed by atoms with Crippen LogP contribution in [-0.4, -0.2) is 17.9 Å². The van der Waals surface area contributed by atoms with Crippen LogP contribution in [0, 0.1) is 0 Å². The molecule has 1 aliphatic carbocycles. The van der Waals surface area contributed by atoms with Gasteiger partial charge in [0, 0.05) is 0 Å². The van der Waals surface area contributed by atoms with Crippen LogP contribution < -0.4 is 0 Å². The molecule has 0 N–H and O–H groups in total. The third-order valence-corrected chi connectivity index (χ3v) is 1.34. The maximum Gasteiger partial charge on any atom is 0.226 e. The van der Waals surface area contributed by atoms with E-state index in [4.69, 9.17) is 0 Å². The first-order chi connectivity index (χ1) is 5.74. The van der Waals surface area contributed by atoms with Crippen LogP contribution in [0.25, 0.3) is 0 Å². The summed E-state index contributed by atoms with van der Waals surface area (Å²) in [5.41, 5.74) is 0.562. The van der Waals surface area contributed by atoms with Gasteiger partial charge in [-0.2, -0.15) is 0 Å². The van der Waals surface area contributed by atoms with Crippen LogP contribution in [0.1, 0.15) is 0 Å². The Kier molecular flexibility index (Phi) is 2.48. The van der Waals surface area contributed by atoms with Gasteiger partial charge < -0.3 is 0 Å².